The summed E-state index contributed by atoms with van der Waals surface area (Å²) in [4.78, 5) is 58.4. The molecule has 2 aromatic carbocycles. The largest absolute Gasteiger partial charge is 0.369 e. The molecule has 0 unspecified atom stereocenters. The van der Waals surface area contributed by atoms with Crippen LogP contribution in [0.3, 0.4) is 0 Å². The summed E-state index contributed by atoms with van der Waals surface area (Å²) in [7, 11) is 0. The highest BCUT2D eigenvalue weighted by Gasteiger charge is 2.29. The highest BCUT2D eigenvalue weighted by molar-refractivity contribution is 6.32. The molecule has 14 nitrogen and oxygen atoms in total. The Morgan fingerprint density at radius 1 is 0.895 bits per heavy atom. The van der Waals surface area contributed by atoms with E-state index in [1.165, 1.54) is 12.4 Å². The van der Waals surface area contributed by atoms with E-state index in [9.17, 15) is 19.6 Å². The fourth-order valence-corrected chi connectivity index (χ4v) is 8.45. The molecule has 0 atom stereocenters. The van der Waals surface area contributed by atoms with Crippen LogP contribution in [0.5, 0.6) is 0 Å². The van der Waals surface area contributed by atoms with Gasteiger partial charge in [-0.2, -0.15) is 9.65 Å². The fraction of sp³-hybridized carbons (Fsp3) is 0.390. The minimum Gasteiger partial charge on any atom is -0.369 e. The van der Waals surface area contributed by atoms with Crippen molar-refractivity contribution < 1.29 is 18.8 Å². The molecule has 4 aliphatic rings. The first-order valence-electron chi connectivity index (χ1n) is 19.4. The molecule has 8 rings (SSSR count). The van der Waals surface area contributed by atoms with Gasteiger partial charge in [0, 0.05) is 80.9 Å². The number of urea groups is 1. The smallest absolute Gasteiger partial charge is 0.328 e. The number of carbonyl (C=O) groups is 3. The maximum absolute atomic E-state index is 15.3. The number of piperazine rings is 1. The van der Waals surface area contributed by atoms with E-state index in [2.05, 4.69) is 51.7 Å². The molecule has 0 radical (unpaired) electrons. The quantitative estimate of drug-likeness (QED) is 0.186. The molecule has 16 heteroatoms. The molecule has 3 fully saturated rings. The minimum absolute atomic E-state index is 0.0188. The molecule has 0 spiro atoms. The number of rotatable bonds is 9. The van der Waals surface area contributed by atoms with Crippen molar-refractivity contribution >= 4 is 58.1 Å². The summed E-state index contributed by atoms with van der Waals surface area (Å²) < 4.78 is 15.3. The first-order chi connectivity index (χ1) is 27.7. The van der Waals surface area contributed by atoms with Crippen molar-refractivity contribution in [3.05, 3.63) is 94.3 Å². The molecule has 4 amide bonds. The second-order valence-electron chi connectivity index (χ2n) is 15.0. The van der Waals surface area contributed by atoms with Crippen LogP contribution in [0.4, 0.5) is 37.9 Å². The lowest BCUT2D eigenvalue weighted by Gasteiger charge is -2.39. The monoisotopic (exact) mass is 791 g/mol. The summed E-state index contributed by atoms with van der Waals surface area (Å²) in [5, 5.41) is 18.1. The molecule has 5 heterocycles. The molecule has 57 heavy (non-hydrogen) atoms. The van der Waals surface area contributed by atoms with Crippen LogP contribution in [0, 0.1) is 23.2 Å². The molecule has 294 valence electrons. The Balaban J connectivity index is 0.781. The Morgan fingerprint density at radius 3 is 2.37 bits per heavy atom. The zero-order chi connectivity index (χ0) is 39.5. The van der Waals surface area contributed by atoms with Gasteiger partial charge in [-0.1, -0.05) is 11.6 Å². The van der Waals surface area contributed by atoms with Gasteiger partial charge >= 0.3 is 6.03 Å². The van der Waals surface area contributed by atoms with E-state index in [4.69, 9.17) is 11.6 Å². The number of amides is 4. The van der Waals surface area contributed by atoms with E-state index >= 15 is 4.39 Å². The number of halogens is 2. The molecular formula is C41H43ClFN11O3. The number of nitrogens with one attached hydrogen (secondary N) is 3. The molecule has 4 aromatic rings. The van der Waals surface area contributed by atoms with Crippen molar-refractivity contribution in [2.75, 3.05) is 65.8 Å². The number of imide groups is 1. The summed E-state index contributed by atoms with van der Waals surface area (Å²) in [6.45, 7) is 6.33. The number of fused-ring (bicyclic) bond motifs is 1. The number of nitriles is 1. The van der Waals surface area contributed by atoms with Gasteiger partial charge in [0.25, 0.3) is 5.91 Å². The first kappa shape index (κ1) is 38.0. The van der Waals surface area contributed by atoms with Gasteiger partial charge in [0.15, 0.2) is 0 Å². The highest BCUT2D eigenvalue weighted by Crippen LogP contribution is 2.31. The Hall–Kier alpha value is -5.85. The second kappa shape index (κ2) is 16.7. The fourth-order valence-electron chi connectivity index (χ4n) is 8.23. The third-order valence-corrected chi connectivity index (χ3v) is 11.7. The number of aromatic nitrogens is 3. The van der Waals surface area contributed by atoms with Gasteiger partial charge in [-0.3, -0.25) is 24.7 Å². The number of nitrogens with zero attached hydrogens (tertiary/aromatic N) is 8. The standard InChI is InChI=1S/C41H43ClFN11O3/c42-34-21-31(6-3-27(34)22-44)53-15-13-32-35(24-53)45-25-46-39(32)49-36-12-11-33(38(43)48-36)40(56)47-28-4-1-26(2-5-28)23-51-17-19-52(20-18-51)29-7-9-30(10-8-29)54-16-14-37(55)50-41(54)57/h3,6-12,21,25-26,28H,1-2,4-5,13-20,23-24H2,(H,47,56)(H,50,55,57)(H,45,46,48,49). The lowest BCUT2D eigenvalue weighted by atomic mass is 9.85. The number of hydrogen-bond acceptors (Lipinski definition) is 11. The van der Waals surface area contributed by atoms with Crippen molar-refractivity contribution in [3.63, 3.8) is 0 Å². The maximum Gasteiger partial charge on any atom is 0.328 e. The average molecular weight is 792 g/mol. The normalized spacial score (nSPS) is 20.1. The zero-order valence-electron chi connectivity index (χ0n) is 31.4. The molecule has 2 saturated heterocycles. The van der Waals surface area contributed by atoms with Gasteiger partial charge in [0.1, 0.15) is 24.0 Å². The van der Waals surface area contributed by atoms with Crippen LogP contribution in [0.15, 0.2) is 60.9 Å². The van der Waals surface area contributed by atoms with E-state index in [0.717, 1.165) is 86.7 Å². The Labute approximate surface area is 335 Å². The number of carbonyl (C=O) groups excluding carboxylic acids is 3. The lowest BCUT2D eigenvalue weighted by molar-refractivity contribution is -0.120. The van der Waals surface area contributed by atoms with E-state index in [1.54, 1.807) is 23.1 Å². The number of hydrogen-bond donors (Lipinski definition) is 3. The third-order valence-electron chi connectivity index (χ3n) is 11.4. The van der Waals surface area contributed by atoms with Crippen molar-refractivity contribution in [2.24, 2.45) is 5.92 Å². The van der Waals surface area contributed by atoms with Crippen LogP contribution in [0.25, 0.3) is 0 Å². The third kappa shape index (κ3) is 8.62. The Morgan fingerprint density at radius 2 is 1.65 bits per heavy atom. The number of benzene rings is 2. The zero-order valence-corrected chi connectivity index (χ0v) is 32.1. The van der Waals surface area contributed by atoms with Gasteiger partial charge in [0.05, 0.1) is 28.4 Å². The molecule has 0 bridgehead atoms. The summed E-state index contributed by atoms with van der Waals surface area (Å²) in [6, 6.07) is 18.0. The predicted octanol–water partition coefficient (Wildman–Crippen LogP) is 5.40. The summed E-state index contributed by atoms with van der Waals surface area (Å²) >= 11 is 6.27. The van der Waals surface area contributed by atoms with Crippen molar-refractivity contribution in [2.45, 2.75) is 51.1 Å². The topological polar surface area (TPSA) is 163 Å². The van der Waals surface area contributed by atoms with Crippen LogP contribution >= 0.6 is 11.6 Å². The molecule has 1 aliphatic carbocycles. The maximum atomic E-state index is 15.3. The minimum atomic E-state index is -0.847. The van der Waals surface area contributed by atoms with Gasteiger partial charge in [-0.15, -0.1) is 0 Å². The van der Waals surface area contributed by atoms with Gasteiger partial charge in [0.2, 0.25) is 11.9 Å². The van der Waals surface area contributed by atoms with Crippen LogP contribution in [0.2, 0.25) is 5.02 Å². The predicted molar refractivity (Wildman–Crippen MR) is 214 cm³/mol. The Bertz CT molecular complexity index is 2200. The molecule has 3 aliphatic heterocycles. The van der Waals surface area contributed by atoms with Crippen LogP contribution in [-0.2, 0) is 17.8 Å². The summed E-state index contributed by atoms with van der Waals surface area (Å²) in [5.41, 5.74) is 4.84. The van der Waals surface area contributed by atoms with E-state index < -0.39 is 11.9 Å². The van der Waals surface area contributed by atoms with Gasteiger partial charge in [-0.05, 0) is 92.6 Å². The molecular weight excluding hydrogens is 749 g/mol. The SMILES string of the molecule is N#Cc1ccc(N2CCc3c(ncnc3Nc3ccc(C(=O)NC4CCC(CN5CCN(c6ccc(N7CCC(=O)NC7=O)cc6)CC5)CC4)c(F)n3)C2)cc1Cl. The number of pyridine rings is 1. The number of anilines is 5. The van der Waals surface area contributed by atoms with Crippen molar-refractivity contribution in [1.82, 2.24) is 30.5 Å². The van der Waals surface area contributed by atoms with Crippen LogP contribution in [-0.4, -0.2) is 89.6 Å². The highest BCUT2D eigenvalue weighted by atomic mass is 35.5. The first-order valence-corrected chi connectivity index (χ1v) is 19.8. The lowest BCUT2D eigenvalue weighted by Crippen LogP contribution is -2.49. The molecule has 1 saturated carbocycles. The second-order valence-corrected chi connectivity index (χ2v) is 15.4. The van der Waals surface area contributed by atoms with Gasteiger partial charge in [-0.25, -0.2) is 19.7 Å². The van der Waals surface area contributed by atoms with Gasteiger partial charge < -0.3 is 20.4 Å². The van der Waals surface area contributed by atoms with Crippen LogP contribution < -0.4 is 30.7 Å². The van der Waals surface area contributed by atoms with Crippen LogP contribution in [0.1, 0.15) is 59.3 Å². The summed E-state index contributed by atoms with van der Waals surface area (Å²) in [5.74, 6) is -0.225. The molecule has 2 aromatic heterocycles. The van der Waals surface area contributed by atoms with E-state index in [0.29, 0.717) is 54.8 Å². The van der Waals surface area contributed by atoms with Crippen molar-refractivity contribution in [1.29, 1.82) is 5.26 Å². The van der Waals surface area contributed by atoms with E-state index in [1.807, 2.05) is 30.3 Å². The summed E-state index contributed by atoms with van der Waals surface area (Å²) in [6.07, 6.45) is 6.06. The van der Waals surface area contributed by atoms with Crippen molar-refractivity contribution in [3.8, 4) is 6.07 Å². The average Bonchev–Trinajstić information content (AvgIpc) is 3.22. The molecule has 3 N–H and O–H groups in total. The Kier molecular flexibility index (Phi) is 11.2. The van der Waals surface area contributed by atoms with E-state index in [-0.39, 0.29) is 29.4 Å².